The minimum absolute atomic E-state index is 0.513. The van der Waals surface area contributed by atoms with E-state index in [1.54, 1.807) is 0 Å². The first-order chi connectivity index (χ1) is 7.09. The summed E-state index contributed by atoms with van der Waals surface area (Å²) in [4.78, 5) is 4.36. The molecular formula is C14H21N. The van der Waals surface area contributed by atoms with Gasteiger partial charge in [0.15, 0.2) is 0 Å². The van der Waals surface area contributed by atoms with Crippen LogP contribution in [-0.2, 0) is 6.42 Å². The Morgan fingerprint density at radius 2 is 2.00 bits per heavy atom. The lowest BCUT2D eigenvalue weighted by Gasteiger charge is -2.05. The minimum Gasteiger partial charge on any atom is -0.261 e. The number of pyridine rings is 1. The van der Waals surface area contributed by atoms with Crippen LogP contribution in [0.4, 0.5) is 0 Å². The predicted octanol–water partition coefficient (Wildman–Crippen LogP) is 3.96. The molecule has 0 fully saturated rings. The summed E-state index contributed by atoms with van der Waals surface area (Å²) in [5, 5.41) is 0. The average molecular weight is 203 g/mol. The van der Waals surface area contributed by atoms with Crippen molar-refractivity contribution >= 4 is 0 Å². The smallest absolute Gasteiger partial charge is 0.0431 e. The van der Waals surface area contributed by atoms with Crippen LogP contribution in [0.3, 0.4) is 0 Å². The fourth-order valence-corrected chi connectivity index (χ4v) is 1.41. The van der Waals surface area contributed by atoms with Gasteiger partial charge < -0.3 is 0 Å². The highest BCUT2D eigenvalue weighted by Crippen LogP contribution is 2.13. The first-order valence-electron chi connectivity index (χ1n) is 5.71. The Morgan fingerprint density at radius 1 is 1.27 bits per heavy atom. The number of aromatic nitrogens is 1. The van der Waals surface area contributed by atoms with Gasteiger partial charge in [-0.05, 0) is 36.0 Å². The molecule has 0 amide bonds. The van der Waals surface area contributed by atoms with E-state index in [-0.39, 0.29) is 0 Å². The standard InChI is InChI=1S/C14H21N/c1-11(2)6-5-7-13-8-9-15-14(10-13)12(3)4/h5-6,8-12H,7H2,1-4H3/b6-5+. The molecule has 0 atom stereocenters. The van der Waals surface area contributed by atoms with Gasteiger partial charge in [0.1, 0.15) is 0 Å². The Hall–Kier alpha value is -1.11. The quantitative estimate of drug-likeness (QED) is 0.675. The molecule has 0 aliphatic rings. The van der Waals surface area contributed by atoms with E-state index in [2.05, 4.69) is 57.0 Å². The molecule has 0 saturated carbocycles. The molecule has 0 aliphatic carbocycles. The number of rotatable bonds is 4. The van der Waals surface area contributed by atoms with Gasteiger partial charge >= 0.3 is 0 Å². The van der Waals surface area contributed by atoms with Gasteiger partial charge in [-0.1, -0.05) is 39.8 Å². The van der Waals surface area contributed by atoms with Gasteiger partial charge in [0, 0.05) is 11.9 Å². The second kappa shape index (κ2) is 5.69. The first-order valence-corrected chi connectivity index (χ1v) is 5.71. The Kier molecular flexibility index (Phi) is 4.54. The molecule has 0 N–H and O–H groups in total. The van der Waals surface area contributed by atoms with Crippen molar-refractivity contribution in [1.29, 1.82) is 0 Å². The number of hydrogen-bond donors (Lipinski definition) is 0. The van der Waals surface area contributed by atoms with Gasteiger partial charge in [-0.3, -0.25) is 4.98 Å². The maximum atomic E-state index is 4.36. The molecule has 0 bridgehead atoms. The van der Waals surface area contributed by atoms with Crippen LogP contribution in [0.15, 0.2) is 30.5 Å². The molecular weight excluding hydrogens is 182 g/mol. The van der Waals surface area contributed by atoms with Crippen LogP contribution >= 0.6 is 0 Å². The van der Waals surface area contributed by atoms with Gasteiger partial charge in [-0.15, -0.1) is 0 Å². The molecule has 1 heteroatoms. The first kappa shape index (κ1) is 12.0. The molecule has 0 unspecified atom stereocenters. The third-order valence-electron chi connectivity index (χ3n) is 2.31. The third-order valence-corrected chi connectivity index (χ3v) is 2.31. The molecule has 0 aliphatic heterocycles. The van der Waals surface area contributed by atoms with Crippen molar-refractivity contribution < 1.29 is 0 Å². The van der Waals surface area contributed by atoms with E-state index in [0.29, 0.717) is 11.8 Å². The fourth-order valence-electron chi connectivity index (χ4n) is 1.41. The monoisotopic (exact) mass is 203 g/mol. The van der Waals surface area contributed by atoms with E-state index in [1.807, 2.05) is 6.20 Å². The van der Waals surface area contributed by atoms with E-state index < -0.39 is 0 Å². The summed E-state index contributed by atoms with van der Waals surface area (Å²) in [5.74, 6) is 1.15. The number of allylic oxidation sites excluding steroid dienone is 2. The second-order valence-corrected chi connectivity index (χ2v) is 4.62. The molecule has 0 saturated heterocycles. The van der Waals surface area contributed by atoms with Crippen LogP contribution < -0.4 is 0 Å². The van der Waals surface area contributed by atoms with Crippen molar-refractivity contribution in [3.8, 4) is 0 Å². The normalized spacial score (nSPS) is 11.9. The lowest BCUT2D eigenvalue weighted by atomic mass is 10.1. The van der Waals surface area contributed by atoms with Crippen LogP contribution in [0, 0.1) is 5.92 Å². The molecule has 1 rings (SSSR count). The molecule has 82 valence electrons. The van der Waals surface area contributed by atoms with Gasteiger partial charge in [0.25, 0.3) is 0 Å². The maximum Gasteiger partial charge on any atom is 0.0431 e. The summed E-state index contributed by atoms with van der Waals surface area (Å²) in [7, 11) is 0. The Bertz CT molecular complexity index is 324. The lowest BCUT2D eigenvalue weighted by Crippen LogP contribution is -1.93. The summed E-state index contributed by atoms with van der Waals surface area (Å²) in [5.41, 5.74) is 2.54. The van der Waals surface area contributed by atoms with E-state index in [9.17, 15) is 0 Å². The zero-order chi connectivity index (χ0) is 11.3. The fraction of sp³-hybridized carbons (Fsp3) is 0.500. The Balaban J connectivity index is 2.66. The summed E-state index contributed by atoms with van der Waals surface area (Å²) < 4.78 is 0. The predicted molar refractivity (Wildman–Crippen MR) is 66.0 cm³/mol. The van der Waals surface area contributed by atoms with Crippen molar-refractivity contribution in [1.82, 2.24) is 4.98 Å². The summed E-state index contributed by atoms with van der Waals surface area (Å²) in [6, 6.07) is 4.30. The molecule has 1 aromatic rings. The van der Waals surface area contributed by atoms with Crippen molar-refractivity contribution in [3.05, 3.63) is 41.7 Å². The van der Waals surface area contributed by atoms with E-state index in [0.717, 1.165) is 6.42 Å². The number of hydrogen-bond acceptors (Lipinski definition) is 1. The van der Waals surface area contributed by atoms with E-state index in [1.165, 1.54) is 11.3 Å². The van der Waals surface area contributed by atoms with Gasteiger partial charge in [0.05, 0.1) is 0 Å². The van der Waals surface area contributed by atoms with Gasteiger partial charge in [-0.25, -0.2) is 0 Å². The lowest BCUT2D eigenvalue weighted by molar-refractivity contribution is 0.816. The second-order valence-electron chi connectivity index (χ2n) is 4.62. The van der Waals surface area contributed by atoms with Crippen molar-refractivity contribution in [2.75, 3.05) is 0 Å². The highest BCUT2D eigenvalue weighted by molar-refractivity contribution is 5.20. The molecule has 0 radical (unpaired) electrons. The van der Waals surface area contributed by atoms with Crippen molar-refractivity contribution in [3.63, 3.8) is 0 Å². The zero-order valence-corrected chi connectivity index (χ0v) is 10.2. The van der Waals surface area contributed by atoms with Crippen LogP contribution in [0.2, 0.25) is 0 Å². The largest absolute Gasteiger partial charge is 0.261 e. The highest BCUT2D eigenvalue weighted by atomic mass is 14.7. The van der Waals surface area contributed by atoms with Gasteiger partial charge in [0.2, 0.25) is 0 Å². The van der Waals surface area contributed by atoms with Crippen LogP contribution in [-0.4, -0.2) is 4.98 Å². The van der Waals surface area contributed by atoms with Crippen LogP contribution in [0.5, 0.6) is 0 Å². The summed E-state index contributed by atoms with van der Waals surface area (Å²) in [6.45, 7) is 8.75. The Labute approximate surface area is 93.2 Å². The summed E-state index contributed by atoms with van der Waals surface area (Å²) in [6.07, 6.45) is 7.41. The van der Waals surface area contributed by atoms with Crippen molar-refractivity contribution in [2.45, 2.75) is 40.0 Å². The summed E-state index contributed by atoms with van der Waals surface area (Å²) >= 11 is 0. The zero-order valence-electron chi connectivity index (χ0n) is 10.2. The highest BCUT2D eigenvalue weighted by Gasteiger charge is 2.00. The van der Waals surface area contributed by atoms with Gasteiger partial charge in [-0.2, -0.15) is 0 Å². The average Bonchev–Trinajstić information content (AvgIpc) is 2.17. The molecule has 1 nitrogen and oxygen atoms in total. The maximum absolute atomic E-state index is 4.36. The van der Waals surface area contributed by atoms with E-state index >= 15 is 0 Å². The van der Waals surface area contributed by atoms with Crippen molar-refractivity contribution in [2.24, 2.45) is 5.92 Å². The Morgan fingerprint density at radius 3 is 2.60 bits per heavy atom. The van der Waals surface area contributed by atoms with Crippen LogP contribution in [0.1, 0.15) is 44.9 Å². The molecule has 1 heterocycles. The molecule has 0 spiro atoms. The molecule has 1 aromatic heterocycles. The molecule has 0 aromatic carbocycles. The topological polar surface area (TPSA) is 12.9 Å². The third kappa shape index (κ3) is 4.28. The molecule has 15 heavy (non-hydrogen) atoms. The van der Waals surface area contributed by atoms with E-state index in [4.69, 9.17) is 0 Å². The van der Waals surface area contributed by atoms with Crippen LogP contribution in [0.25, 0.3) is 0 Å². The number of nitrogens with zero attached hydrogens (tertiary/aromatic N) is 1. The minimum atomic E-state index is 0.513. The SMILES string of the molecule is CC(C)/C=C/Cc1ccnc(C(C)C)c1.